The van der Waals surface area contributed by atoms with E-state index in [1.54, 1.807) is 6.92 Å². The van der Waals surface area contributed by atoms with Crippen LogP contribution in [0.4, 0.5) is 43.8 Å². The summed E-state index contributed by atoms with van der Waals surface area (Å²) in [6.45, 7) is 1.87. The van der Waals surface area contributed by atoms with Crippen LogP contribution in [0.1, 0.15) is 18.2 Å². The molecule has 1 aromatic carbocycles. The molecule has 2 N–H and O–H groups in total. The van der Waals surface area contributed by atoms with Gasteiger partial charge in [0.25, 0.3) is 0 Å². The molecule has 4 nitrogen and oxygen atoms in total. The maximum Gasteiger partial charge on any atom is 0.433 e. The number of halogens is 6. The molecule has 24 heavy (non-hydrogen) atoms. The largest absolute Gasteiger partial charge is 0.433 e. The van der Waals surface area contributed by atoms with Crippen LogP contribution in [0.2, 0.25) is 0 Å². The minimum atomic E-state index is -4.76. The normalized spacial score (nSPS) is 12.1. The Morgan fingerprint density at radius 1 is 0.958 bits per heavy atom. The van der Waals surface area contributed by atoms with Crippen LogP contribution < -0.4 is 10.6 Å². The highest BCUT2D eigenvalue weighted by molar-refractivity contribution is 5.62. The van der Waals surface area contributed by atoms with Gasteiger partial charge in [-0.05, 0) is 19.1 Å². The molecule has 130 valence electrons. The van der Waals surface area contributed by atoms with Crippen LogP contribution in [-0.2, 0) is 12.4 Å². The Kier molecular flexibility index (Phi) is 4.86. The SMILES string of the molecule is CCNc1nc(Nc2ccccc2C(F)(F)F)cc(C(F)(F)F)n1. The molecule has 2 aromatic rings. The number of para-hydroxylation sites is 1. The average Bonchev–Trinajstić information content (AvgIpc) is 2.46. The molecule has 0 bridgehead atoms. The highest BCUT2D eigenvalue weighted by atomic mass is 19.4. The number of rotatable bonds is 4. The second kappa shape index (κ2) is 6.54. The Hall–Kier alpha value is -2.52. The Morgan fingerprint density at radius 2 is 1.62 bits per heavy atom. The summed E-state index contributed by atoms with van der Waals surface area (Å²) >= 11 is 0. The highest BCUT2D eigenvalue weighted by Crippen LogP contribution is 2.36. The third-order valence-electron chi connectivity index (χ3n) is 2.85. The lowest BCUT2D eigenvalue weighted by Gasteiger charge is -2.15. The van der Waals surface area contributed by atoms with Crippen molar-refractivity contribution in [1.29, 1.82) is 0 Å². The first-order valence-corrected chi connectivity index (χ1v) is 6.74. The monoisotopic (exact) mass is 350 g/mol. The molecule has 2 rings (SSSR count). The smallest absolute Gasteiger partial charge is 0.354 e. The van der Waals surface area contributed by atoms with Gasteiger partial charge < -0.3 is 10.6 Å². The van der Waals surface area contributed by atoms with Crippen molar-refractivity contribution in [2.24, 2.45) is 0 Å². The fourth-order valence-corrected chi connectivity index (χ4v) is 1.87. The molecule has 0 aliphatic carbocycles. The lowest BCUT2D eigenvalue weighted by molar-refractivity contribution is -0.141. The third-order valence-corrected chi connectivity index (χ3v) is 2.85. The Bertz CT molecular complexity index is 711. The second-order valence-electron chi connectivity index (χ2n) is 4.66. The maximum absolute atomic E-state index is 13.0. The van der Waals surface area contributed by atoms with Gasteiger partial charge in [0, 0.05) is 12.6 Å². The van der Waals surface area contributed by atoms with Crippen LogP contribution in [-0.4, -0.2) is 16.5 Å². The molecular formula is C14H12F6N4. The number of nitrogens with zero attached hydrogens (tertiary/aromatic N) is 2. The number of aromatic nitrogens is 2. The van der Waals surface area contributed by atoms with E-state index in [4.69, 9.17) is 0 Å². The van der Waals surface area contributed by atoms with Crippen LogP contribution in [0.3, 0.4) is 0 Å². The van der Waals surface area contributed by atoms with E-state index in [2.05, 4.69) is 20.6 Å². The number of anilines is 3. The van der Waals surface area contributed by atoms with Crippen molar-refractivity contribution < 1.29 is 26.3 Å². The van der Waals surface area contributed by atoms with Crippen molar-refractivity contribution in [1.82, 2.24) is 9.97 Å². The molecule has 1 aromatic heterocycles. The van der Waals surface area contributed by atoms with E-state index in [0.29, 0.717) is 6.07 Å². The van der Waals surface area contributed by atoms with E-state index >= 15 is 0 Å². The maximum atomic E-state index is 13.0. The zero-order valence-electron chi connectivity index (χ0n) is 12.3. The second-order valence-corrected chi connectivity index (χ2v) is 4.66. The van der Waals surface area contributed by atoms with Gasteiger partial charge in [-0.3, -0.25) is 0 Å². The molecule has 1 heterocycles. The number of nitrogens with one attached hydrogen (secondary N) is 2. The highest BCUT2D eigenvalue weighted by Gasteiger charge is 2.35. The topological polar surface area (TPSA) is 49.8 Å². The molecule has 0 spiro atoms. The summed E-state index contributed by atoms with van der Waals surface area (Å²) in [6.07, 6.45) is -9.42. The first-order valence-electron chi connectivity index (χ1n) is 6.74. The van der Waals surface area contributed by atoms with Crippen LogP contribution in [0.25, 0.3) is 0 Å². The van der Waals surface area contributed by atoms with Crippen LogP contribution in [0, 0.1) is 0 Å². The Morgan fingerprint density at radius 3 is 2.21 bits per heavy atom. The molecular weight excluding hydrogens is 338 g/mol. The van der Waals surface area contributed by atoms with Gasteiger partial charge in [-0.25, -0.2) is 4.98 Å². The van der Waals surface area contributed by atoms with Gasteiger partial charge in [-0.2, -0.15) is 31.3 Å². The number of hydrogen-bond donors (Lipinski definition) is 2. The number of hydrogen-bond acceptors (Lipinski definition) is 4. The van der Waals surface area contributed by atoms with E-state index in [1.165, 1.54) is 12.1 Å². The molecule has 0 amide bonds. The first-order chi connectivity index (χ1) is 11.1. The summed E-state index contributed by atoms with van der Waals surface area (Å²) in [6, 6.07) is 4.98. The van der Waals surface area contributed by atoms with Crippen molar-refractivity contribution in [2.45, 2.75) is 19.3 Å². The minimum absolute atomic E-state index is 0.250. The van der Waals surface area contributed by atoms with E-state index in [0.717, 1.165) is 12.1 Å². The van der Waals surface area contributed by atoms with Gasteiger partial charge in [0.05, 0.1) is 11.3 Å². The van der Waals surface area contributed by atoms with Gasteiger partial charge in [-0.15, -0.1) is 0 Å². The van der Waals surface area contributed by atoms with Gasteiger partial charge in [0.15, 0.2) is 5.69 Å². The summed E-state index contributed by atoms with van der Waals surface area (Å²) in [5.74, 6) is -0.732. The molecule has 0 fully saturated rings. The zero-order valence-corrected chi connectivity index (χ0v) is 12.3. The summed E-state index contributed by atoms with van der Waals surface area (Å²) in [5, 5.41) is 4.79. The van der Waals surface area contributed by atoms with Gasteiger partial charge >= 0.3 is 12.4 Å². The van der Waals surface area contributed by atoms with Gasteiger partial charge in [-0.1, -0.05) is 12.1 Å². The molecule has 0 unspecified atom stereocenters. The first kappa shape index (κ1) is 17.8. The molecule has 0 aliphatic rings. The molecule has 0 radical (unpaired) electrons. The molecule has 0 saturated heterocycles. The Labute approximate surface area is 132 Å². The van der Waals surface area contributed by atoms with Gasteiger partial charge in [0.1, 0.15) is 5.82 Å². The predicted molar refractivity (Wildman–Crippen MR) is 75.9 cm³/mol. The minimum Gasteiger partial charge on any atom is -0.354 e. The summed E-state index contributed by atoms with van der Waals surface area (Å²) < 4.78 is 77.5. The average molecular weight is 350 g/mol. The third kappa shape index (κ3) is 4.27. The number of benzene rings is 1. The van der Waals surface area contributed by atoms with Crippen molar-refractivity contribution in [2.75, 3.05) is 17.2 Å². The van der Waals surface area contributed by atoms with Crippen LogP contribution in [0.15, 0.2) is 30.3 Å². The van der Waals surface area contributed by atoms with Crippen LogP contribution in [0.5, 0.6) is 0 Å². The standard InChI is InChI=1S/C14H12F6N4/c1-2-21-12-23-10(14(18,19)20)7-11(24-12)22-9-6-4-3-5-8(9)13(15,16)17/h3-7H,2H2,1H3,(H2,21,22,23,24). The predicted octanol–water partition coefficient (Wildman–Crippen LogP) is 4.69. The molecule has 10 heteroatoms. The lowest BCUT2D eigenvalue weighted by atomic mass is 10.1. The molecule has 0 aliphatic heterocycles. The molecule has 0 atom stereocenters. The summed E-state index contributed by atoms with van der Waals surface area (Å²) in [4.78, 5) is 7.05. The van der Waals surface area contributed by atoms with Crippen molar-refractivity contribution in [3.8, 4) is 0 Å². The van der Waals surface area contributed by atoms with Crippen molar-refractivity contribution >= 4 is 17.5 Å². The van der Waals surface area contributed by atoms with Gasteiger partial charge in [0.2, 0.25) is 5.95 Å². The zero-order chi connectivity index (χ0) is 18.0. The van der Waals surface area contributed by atoms with E-state index in [-0.39, 0.29) is 12.5 Å². The lowest BCUT2D eigenvalue weighted by Crippen LogP contribution is -2.14. The summed E-state index contributed by atoms with van der Waals surface area (Å²) in [7, 11) is 0. The quantitative estimate of drug-likeness (QED) is 0.786. The Balaban J connectivity index is 2.45. The summed E-state index contributed by atoms with van der Waals surface area (Å²) in [5.41, 5.74) is -2.68. The fourth-order valence-electron chi connectivity index (χ4n) is 1.87. The van der Waals surface area contributed by atoms with E-state index in [1.807, 2.05) is 0 Å². The number of alkyl halides is 6. The van der Waals surface area contributed by atoms with Crippen molar-refractivity contribution in [3.63, 3.8) is 0 Å². The van der Waals surface area contributed by atoms with E-state index in [9.17, 15) is 26.3 Å². The van der Waals surface area contributed by atoms with Crippen molar-refractivity contribution in [3.05, 3.63) is 41.6 Å². The fraction of sp³-hybridized carbons (Fsp3) is 0.286. The molecule has 0 saturated carbocycles. The van der Waals surface area contributed by atoms with Crippen LogP contribution >= 0.6 is 0 Å². The van der Waals surface area contributed by atoms with E-state index < -0.39 is 35.1 Å².